The first-order valence-electron chi connectivity index (χ1n) is 4.02. The molecule has 0 aliphatic carbocycles. The van der Waals surface area contributed by atoms with Gasteiger partial charge in [-0.2, -0.15) is 0 Å². The largest absolute Gasteiger partial charge is 0.467 e. The minimum atomic E-state index is -0.697. The first-order chi connectivity index (χ1) is 6.59. The number of carbonyl (C=O) groups excluding carboxylic acids is 1. The molecule has 6 heteroatoms. The van der Waals surface area contributed by atoms with Gasteiger partial charge in [0.15, 0.2) is 6.04 Å². The van der Waals surface area contributed by atoms with Crippen molar-refractivity contribution in [2.75, 3.05) is 6.54 Å². The van der Waals surface area contributed by atoms with Crippen LogP contribution in [0.25, 0.3) is 0 Å². The van der Waals surface area contributed by atoms with Crippen LogP contribution < -0.4 is 5.32 Å². The van der Waals surface area contributed by atoms with Gasteiger partial charge in [0.25, 0.3) is 0 Å². The van der Waals surface area contributed by atoms with Crippen LogP contribution in [0.1, 0.15) is 18.7 Å². The van der Waals surface area contributed by atoms with E-state index in [9.17, 15) is 14.9 Å². The van der Waals surface area contributed by atoms with Crippen LogP contribution >= 0.6 is 0 Å². The number of amides is 1. The molecule has 0 aromatic carbocycles. The molecular weight excluding hydrogens is 188 g/mol. The minimum absolute atomic E-state index is 0.326. The Kier molecular flexibility index (Phi) is 3.22. The molecule has 0 unspecified atom stereocenters. The first-order valence-corrected chi connectivity index (χ1v) is 4.02. The number of carbonyl (C=O) groups is 1. The molecule has 1 atom stereocenters. The molecule has 76 valence electrons. The monoisotopic (exact) mass is 198 g/mol. The summed E-state index contributed by atoms with van der Waals surface area (Å²) in [5.74, 6) is 0.0603. The lowest BCUT2D eigenvalue weighted by Gasteiger charge is -2.10. The molecule has 0 radical (unpaired) electrons. The highest BCUT2D eigenvalue weighted by molar-refractivity contribution is 5.73. The standard InChI is InChI=1S/C8H10N2O4/c1-6(11)9-7(5-10(12)13)8-3-2-4-14-8/h2-4,7H,5H2,1H3,(H,9,11)/t7-/m1/s1. The van der Waals surface area contributed by atoms with Gasteiger partial charge < -0.3 is 9.73 Å². The van der Waals surface area contributed by atoms with E-state index in [0.717, 1.165) is 0 Å². The summed E-state index contributed by atoms with van der Waals surface area (Å²) >= 11 is 0. The fraction of sp³-hybridized carbons (Fsp3) is 0.375. The van der Waals surface area contributed by atoms with Gasteiger partial charge in [0, 0.05) is 11.8 Å². The molecule has 14 heavy (non-hydrogen) atoms. The van der Waals surface area contributed by atoms with Crippen LogP contribution in [0.2, 0.25) is 0 Å². The average Bonchev–Trinajstić information content (AvgIpc) is 2.52. The second kappa shape index (κ2) is 4.40. The molecule has 1 aromatic rings. The molecule has 0 spiro atoms. The Bertz CT molecular complexity index is 304. The molecule has 1 heterocycles. The van der Waals surface area contributed by atoms with Crippen LogP contribution in [-0.2, 0) is 4.79 Å². The van der Waals surface area contributed by atoms with Crippen LogP contribution in [0.4, 0.5) is 0 Å². The minimum Gasteiger partial charge on any atom is -0.467 e. The van der Waals surface area contributed by atoms with Crippen molar-refractivity contribution in [1.82, 2.24) is 5.32 Å². The smallest absolute Gasteiger partial charge is 0.231 e. The van der Waals surface area contributed by atoms with Crippen LogP contribution in [0.15, 0.2) is 22.8 Å². The molecule has 1 amide bonds. The summed E-state index contributed by atoms with van der Waals surface area (Å²) in [5, 5.41) is 12.7. The lowest BCUT2D eigenvalue weighted by molar-refractivity contribution is -0.484. The fourth-order valence-electron chi connectivity index (χ4n) is 1.09. The molecule has 0 aliphatic heterocycles. The number of nitrogens with zero attached hydrogens (tertiary/aromatic N) is 1. The Labute approximate surface area is 80.0 Å². The van der Waals surface area contributed by atoms with Gasteiger partial charge in [0.2, 0.25) is 12.5 Å². The van der Waals surface area contributed by atoms with Crippen LogP contribution in [0.3, 0.4) is 0 Å². The third-order valence-corrected chi connectivity index (χ3v) is 1.60. The van der Waals surface area contributed by atoms with E-state index >= 15 is 0 Å². The van der Waals surface area contributed by atoms with E-state index in [-0.39, 0.29) is 12.5 Å². The molecule has 1 rings (SSSR count). The van der Waals surface area contributed by atoms with Crippen LogP contribution in [0.5, 0.6) is 0 Å². The van der Waals surface area contributed by atoms with E-state index in [1.54, 1.807) is 12.1 Å². The summed E-state index contributed by atoms with van der Waals surface area (Å²) in [6.07, 6.45) is 1.41. The van der Waals surface area contributed by atoms with Crippen molar-refractivity contribution in [3.05, 3.63) is 34.3 Å². The number of nitrogens with one attached hydrogen (secondary N) is 1. The van der Waals surface area contributed by atoms with Crippen molar-refractivity contribution in [3.8, 4) is 0 Å². The van der Waals surface area contributed by atoms with Crippen molar-refractivity contribution >= 4 is 5.91 Å². The van der Waals surface area contributed by atoms with E-state index in [1.807, 2.05) is 0 Å². The topological polar surface area (TPSA) is 85.4 Å². The second-order valence-corrected chi connectivity index (χ2v) is 2.78. The highest BCUT2D eigenvalue weighted by Crippen LogP contribution is 2.13. The summed E-state index contributed by atoms with van der Waals surface area (Å²) in [7, 11) is 0. The average molecular weight is 198 g/mol. The SMILES string of the molecule is CC(=O)N[C@H](C[N+](=O)[O-])c1ccco1. The van der Waals surface area contributed by atoms with Crippen molar-refractivity contribution in [2.45, 2.75) is 13.0 Å². The number of hydrogen-bond donors (Lipinski definition) is 1. The lowest BCUT2D eigenvalue weighted by atomic mass is 10.2. The molecule has 1 aromatic heterocycles. The van der Waals surface area contributed by atoms with Crippen LogP contribution in [-0.4, -0.2) is 17.4 Å². The summed E-state index contributed by atoms with van der Waals surface area (Å²) in [5.41, 5.74) is 0. The Morgan fingerprint density at radius 1 is 1.79 bits per heavy atom. The Morgan fingerprint density at radius 2 is 2.50 bits per heavy atom. The number of nitro groups is 1. The quantitative estimate of drug-likeness (QED) is 0.571. The van der Waals surface area contributed by atoms with Crippen molar-refractivity contribution in [3.63, 3.8) is 0 Å². The van der Waals surface area contributed by atoms with E-state index in [2.05, 4.69) is 5.32 Å². The van der Waals surface area contributed by atoms with Crippen LogP contribution in [0, 0.1) is 10.1 Å². The van der Waals surface area contributed by atoms with Gasteiger partial charge in [0.05, 0.1) is 6.26 Å². The van der Waals surface area contributed by atoms with Gasteiger partial charge in [0.1, 0.15) is 5.76 Å². The molecule has 0 aliphatic rings. The molecular formula is C8H10N2O4. The highest BCUT2D eigenvalue weighted by atomic mass is 16.6. The zero-order valence-corrected chi connectivity index (χ0v) is 7.60. The summed E-state index contributed by atoms with van der Waals surface area (Å²) in [4.78, 5) is 20.6. The van der Waals surface area contributed by atoms with E-state index < -0.39 is 11.0 Å². The fourth-order valence-corrected chi connectivity index (χ4v) is 1.09. The lowest BCUT2D eigenvalue weighted by Crippen LogP contribution is -2.30. The Balaban J connectivity index is 2.71. The van der Waals surface area contributed by atoms with Gasteiger partial charge in [-0.25, -0.2) is 0 Å². The molecule has 0 saturated heterocycles. The molecule has 6 nitrogen and oxygen atoms in total. The van der Waals surface area contributed by atoms with Gasteiger partial charge in [-0.05, 0) is 12.1 Å². The van der Waals surface area contributed by atoms with Gasteiger partial charge in [-0.15, -0.1) is 0 Å². The zero-order chi connectivity index (χ0) is 10.6. The maximum Gasteiger partial charge on any atom is 0.231 e. The van der Waals surface area contributed by atoms with Gasteiger partial charge >= 0.3 is 0 Å². The maximum atomic E-state index is 10.8. The van der Waals surface area contributed by atoms with E-state index in [1.165, 1.54) is 13.2 Å². The second-order valence-electron chi connectivity index (χ2n) is 2.78. The predicted molar refractivity (Wildman–Crippen MR) is 47.1 cm³/mol. The number of furan rings is 1. The van der Waals surface area contributed by atoms with Crippen molar-refractivity contribution < 1.29 is 14.1 Å². The zero-order valence-electron chi connectivity index (χ0n) is 7.60. The van der Waals surface area contributed by atoms with E-state index in [4.69, 9.17) is 4.42 Å². The Morgan fingerprint density at radius 3 is 2.93 bits per heavy atom. The summed E-state index contributed by atoms with van der Waals surface area (Å²) in [6.45, 7) is 0.920. The maximum absolute atomic E-state index is 10.8. The van der Waals surface area contributed by atoms with Crippen molar-refractivity contribution in [2.24, 2.45) is 0 Å². The Hall–Kier alpha value is -1.85. The van der Waals surface area contributed by atoms with Gasteiger partial charge in [-0.3, -0.25) is 14.9 Å². The molecule has 1 N–H and O–H groups in total. The molecule has 0 saturated carbocycles. The normalized spacial score (nSPS) is 12.1. The van der Waals surface area contributed by atoms with Crippen molar-refractivity contribution in [1.29, 1.82) is 0 Å². The predicted octanol–water partition coefficient (Wildman–Crippen LogP) is 0.734. The molecule has 0 bridgehead atoms. The van der Waals surface area contributed by atoms with E-state index in [0.29, 0.717) is 5.76 Å². The first kappa shape index (κ1) is 10.2. The highest BCUT2D eigenvalue weighted by Gasteiger charge is 2.20. The molecule has 0 fully saturated rings. The number of hydrogen-bond acceptors (Lipinski definition) is 4. The summed E-state index contributed by atoms with van der Waals surface area (Å²) in [6, 6.07) is 2.51. The third-order valence-electron chi connectivity index (χ3n) is 1.60. The number of rotatable bonds is 4. The summed E-state index contributed by atoms with van der Waals surface area (Å²) < 4.78 is 4.98. The van der Waals surface area contributed by atoms with Gasteiger partial charge in [-0.1, -0.05) is 0 Å². The third kappa shape index (κ3) is 2.89.